The molecule has 1 aliphatic rings. The number of urea groups is 1. The Bertz CT molecular complexity index is 502. The van der Waals surface area contributed by atoms with Gasteiger partial charge in [0.1, 0.15) is 0 Å². The molecule has 1 aromatic carbocycles. The van der Waals surface area contributed by atoms with Gasteiger partial charge in [0.05, 0.1) is 5.69 Å². The molecule has 2 rings (SSSR count). The number of hydrogen-bond acceptors (Lipinski definition) is 2. The number of amides is 2. The molecule has 0 atom stereocenters. The minimum atomic E-state index is 0.0735. The van der Waals surface area contributed by atoms with Crippen molar-refractivity contribution in [3.8, 4) is 0 Å². The van der Waals surface area contributed by atoms with Crippen LogP contribution in [0, 0.1) is 0 Å². The first kappa shape index (κ1) is 16.1. The van der Waals surface area contributed by atoms with Crippen LogP contribution in [-0.2, 0) is 6.54 Å². The Morgan fingerprint density at radius 1 is 1.29 bits per heavy atom. The van der Waals surface area contributed by atoms with Crippen LogP contribution in [0.3, 0.4) is 0 Å². The Hall–Kier alpha value is -1.26. The van der Waals surface area contributed by atoms with Gasteiger partial charge in [-0.1, -0.05) is 25.4 Å². The monoisotopic (exact) mass is 309 g/mol. The zero-order valence-corrected chi connectivity index (χ0v) is 13.9. The normalized spacial score (nSPS) is 14.8. The summed E-state index contributed by atoms with van der Waals surface area (Å²) < 4.78 is 0. The second-order valence-electron chi connectivity index (χ2n) is 5.42. The van der Waals surface area contributed by atoms with E-state index in [4.69, 9.17) is 11.6 Å². The standard InChI is InChI=1S/C16H24ClN3O/c1-4-19(5-2)9-6-10-20-12-13-11-14(17)7-8-15(13)18(3)16(20)21/h7-8,11H,4-6,9-10,12H2,1-3H3. The molecule has 0 fully saturated rings. The molecule has 1 aliphatic heterocycles. The number of anilines is 1. The van der Waals surface area contributed by atoms with Crippen molar-refractivity contribution in [3.05, 3.63) is 28.8 Å². The quantitative estimate of drug-likeness (QED) is 0.805. The van der Waals surface area contributed by atoms with Gasteiger partial charge in [-0.3, -0.25) is 4.90 Å². The molecule has 0 N–H and O–H groups in total. The zero-order chi connectivity index (χ0) is 15.4. The van der Waals surface area contributed by atoms with Crippen molar-refractivity contribution in [1.82, 2.24) is 9.80 Å². The van der Waals surface area contributed by atoms with Gasteiger partial charge in [-0.2, -0.15) is 0 Å². The van der Waals surface area contributed by atoms with Crippen LogP contribution in [0.15, 0.2) is 18.2 Å². The summed E-state index contributed by atoms with van der Waals surface area (Å²) in [5.41, 5.74) is 2.08. The van der Waals surface area contributed by atoms with Crippen LogP contribution < -0.4 is 4.90 Å². The largest absolute Gasteiger partial charge is 0.324 e. The van der Waals surface area contributed by atoms with Gasteiger partial charge in [0.15, 0.2) is 0 Å². The molecule has 0 saturated heterocycles. The van der Waals surface area contributed by atoms with Crippen LogP contribution in [0.4, 0.5) is 10.5 Å². The summed E-state index contributed by atoms with van der Waals surface area (Å²) in [7, 11) is 1.83. The summed E-state index contributed by atoms with van der Waals surface area (Å²) in [4.78, 5) is 18.4. The van der Waals surface area contributed by atoms with Gasteiger partial charge in [-0.05, 0) is 49.8 Å². The molecule has 21 heavy (non-hydrogen) atoms. The van der Waals surface area contributed by atoms with Crippen molar-refractivity contribution in [2.24, 2.45) is 0 Å². The first-order chi connectivity index (χ1) is 10.1. The molecule has 0 unspecified atom stereocenters. The third-order valence-corrected chi connectivity index (χ3v) is 4.35. The third kappa shape index (κ3) is 3.69. The van der Waals surface area contributed by atoms with Crippen LogP contribution in [0.5, 0.6) is 0 Å². The molecule has 0 bridgehead atoms. The molecule has 2 amide bonds. The van der Waals surface area contributed by atoms with Gasteiger partial charge in [0.2, 0.25) is 0 Å². The highest BCUT2D eigenvalue weighted by atomic mass is 35.5. The summed E-state index contributed by atoms with van der Waals surface area (Å²) in [6.07, 6.45) is 0.997. The molecule has 1 aromatic rings. The molecular weight excluding hydrogens is 286 g/mol. The lowest BCUT2D eigenvalue weighted by Crippen LogP contribution is -2.46. The van der Waals surface area contributed by atoms with E-state index in [1.807, 2.05) is 30.1 Å². The predicted molar refractivity (Wildman–Crippen MR) is 88.1 cm³/mol. The second kappa shape index (κ2) is 7.14. The van der Waals surface area contributed by atoms with Gasteiger partial charge in [0.25, 0.3) is 0 Å². The lowest BCUT2D eigenvalue weighted by Gasteiger charge is -2.35. The molecule has 0 radical (unpaired) electrons. The number of hydrogen-bond donors (Lipinski definition) is 0. The predicted octanol–water partition coefficient (Wildman–Crippen LogP) is 3.44. The molecule has 0 spiro atoms. The molecule has 0 saturated carbocycles. The van der Waals surface area contributed by atoms with Crippen LogP contribution in [-0.4, -0.2) is 49.1 Å². The minimum absolute atomic E-state index is 0.0735. The van der Waals surface area contributed by atoms with Gasteiger partial charge >= 0.3 is 6.03 Å². The Labute approximate surface area is 132 Å². The van der Waals surface area contributed by atoms with Crippen LogP contribution >= 0.6 is 11.6 Å². The smallest absolute Gasteiger partial charge is 0.320 e. The SMILES string of the molecule is CCN(CC)CCCN1Cc2cc(Cl)ccc2N(C)C1=O. The summed E-state index contributed by atoms with van der Waals surface area (Å²) in [5.74, 6) is 0. The van der Waals surface area contributed by atoms with E-state index in [-0.39, 0.29) is 6.03 Å². The highest BCUT2D eigenvalue weighted by Crippen LogP contribution is 2.29. The fourth-order valence-electron chi connectivity index (χ4n) is 2.80. The fraction of sp³-hybridized carbons (Fsp3) is 0.562. The maximum Gasteiger partial charge on any atom is 0.324 e. The van der Waals surface area contributed by atoms with E-state index in [2.05, 4.69) is 18.7 Å². The second-order valence-corrected chi connectivity index (χ2v) is 5.85. The Balaban J connectivity index is 2.01. The number of halogens is 1. The van der Waals surface area contributed by atoms with E-state index in [0.717, 1.165) is 48.9 Å². The summed E-state index contributed by atoms with van der Waals surface area (Å²) in [5, 5.41) is 0.722. The van der Waals surface area contributed by atoms with Crippen LogP contribution in [0.25, 0.3) is 0 Å². The van der Waals surface area contributed by atoms with E-state index < -0.39 is 0 Å². The number of carbonyl (C=O) groups excluding carboxylic acids is 1. The maximum atomic E-state index is 12.4. The van der Waals surface area contributed by atoms with Crippen LogP contribution in [0.1, 0.15) is 25.8 Å². The topological polar surface area (TPSA) is 26.8 Å². The van der Waals surface area contributed by atoms with E-state index in [0.29, 0.717) is 6.54 Å². The number of nitrogens with zero attached hydrogens (tertiary/aromatic N) is 3. The number of fused-ring (bicyclic) bond motifs is 1. The maximum absolute atomic E-state index is 12.4. The lowest BCUT2D eigenvalue weighted by atomic mass is 10.1. The summed E-state index contributed by atoms with van der Waals surface area (Å²) in [6, 6.07) is 5.78. The molecule has 116 valence electrons. The van der Waals surface area contributed by atoms with Crippen molar-refractivity contribution < 1.29 is 4.79 Å². The zero-order valence-electron chi connectivity index (χ0n) is 13.1. The van der Waals surface area contributed by atoms with Gasteiger partial charge < -0.3 is 9.80 Å². The Morgan fingerprint density at radius 2 is 2.00 bits per heavy atom. The van der Waals surface area contributed by atoms with E-state index in [1.165, 1.54) is 0 Å². The Kier molecular flexibility index (Phi) is 5.48. The first-order valence-corrected chi connectivity index (χ1v) is 7.98. The van der Waals surface area contributed by atoms with Crippen LogP contribution in [0.2, 0.25) is 5.02 Å². The first-order valence-electron chi connectivity index (χ1n) is 7.60. The summed E-state index contributed by atoms with van der Waals surface area (Å²) >= 11 is 6.06. The van der Waals surface area contributed by atoms with Gasteiger partial charge in [-0.25, -0.2) is 4.79 Å². The highest BCUT2D eigenvalue weighted by molar-refractivity contribution is 6.30. The highest BCUT2D eigenvalue weighted by Gasteiger charge is 2.27. The van der Waals surface area contributed by atoms with E-state index >= 15 is 0 Å². The van der Waals surface area contributed by atoms with Gasteiger partial charge in [-0.15, -0.1) is 0 Å². The molecule has 4 nitrogen and oxygen atoms in total. The average molecular weight is 310 g/mol. The minimum Gasteiger partial charge on any atom is -0.320 e. The van der Waals surface area contributed by atoms with Gasteiger partial charge in [0, 0.05) is 25.2 Å². The van der Waals surface area contributed by atoms with Crippen molar-refractivity contribution in [3.63, 3.8) is 0 Å². The van der Waals surface area contributed by atoms with E-state index in [9.17, 15) is 4.79 Å². The van der Waals surface area contributed by atoms with E-state index in [1.54, 1.807) is 4.90 Å². The number of benzene rings is 1. The molecule has 1 heterocycles. The lowest BCUT2D eigenvalue weighted by molar-refractivity contribution is 0.194. The number of rotatable bonds is 6. The molecule has 5 heteroatoms. The van der Waals surface area contributed by atoms with Crippen molar-refractivity contribution in [2.45, 2.75) is 26.8 Å². The Morgan fingerprint density at radius 3 is 2.67 bits per heavy atom. The molecule has 0 aromatic heterocycles. The third-order valence-electron chi connectivity index (χ3n) is 4.12. The van der Waals surface area contributed by atoms with Crippen molar-refractivity contribution >= 4 is 23.3 Å². The fourth-order valence-corrected chi connectivity index (χ4v) is 2.99. The van der Waals surface area contributed by atoms with Crippen molar-refractivity contribution in [2.75, 3.05) is 38.1 Å². The molecular formula is C16H24ClN3O. The summed E-state index contributed by atoms with van der Waals surface area (Å²) in [6.45, 7) is 8.92. The average Bonchev–Trinajstić information content (AvgIpc) is 2.48. The molecule has 0 aliphatic carbocycles. The number of carbonyl (C=O) groups is 1. The van der Waals surface area contributed by atoms with Crippen molar-refractivity contribution in [1.29, 1.82) is 0 Å².